The van der Waals surface area contributed by atoms with Gasteiger partial charge < -0.3 is 10.1 Å². The van der Waals surface area contributed by atoms with Gasteiger partial charge in [0.1, 0.15) is 11.5 Å². The number of piperidine rings is 1. The molecule has 1 aromatic heterocycles. The molecule has 0 spiro atoms. The molecule has 25 heavy (non-hydrogen) atoms. The number of carbonyl (C=O) groups is 1. The minimum Gasteiger partial charge on any atom is -0.477 e. The number of carboxylic acids is 1. The molecule has 0 aliphatic carbocycles. The number of benzene rings is 1. The smallest absolute Gasteiger partial charge is 0.352 e. The first-order valence-corrected chi connectivity index (χ1v) is 8.08. The van der Waals surface area contributed by atoms with Gasteiger partial charge in [-0.05, 0) is 38.1 Å². The first kappa shape index (κ1) is 17.1. The maximum absolute atomic E-state index is 14.0. The zero-order valence-corrected chi connectivity index (χ0v) is 13.5. The molecule has 8 heteroatoms. The van der Waals surface area contributed by atoms with Crippen molar-refractivity contribution in [2.24, 2.45) is 0 Å². The highest BCUT2D eigenvalue weighted by Crippen LogP contribution is 2.14. The normalized spacial score (nSPS) is 15.2. The molecular weight excluding hydrogens is 329 g/mol. The van der Waals surface area contributed by atoms with E-state index in [1.165, 1.54) is 18.2 Å². The molecule has 7 nitrogen and oxygen atoms in total. The summed E-state index contributed by atoms with van der Waals surface area (Å²) in [6.07, 6.45) is 3.02. The SMILES string of the molecule is O=C(O)c1[nH]c(=O)n(-c2ccccc2F)c(=O)c1CN1CCCCC1. The number of aromatic carboxylic acids is 1. The summed E-state index contributed by atoms with van der Waals surface area (Å²) in [7, 11) is 0. The van der Waals surface area contributed by atoms with Crippen LogP contribution in [0.15, 0.2) is 33.9 Å². The number of aromatic amines is 1. The zero-order valence-electron chi connectivity index (χ0n) is 13.5. The second kappa shape index (κ2) is 7.02. The Balaban J connectivity index is 2.16. The Hall–Kier alpha value is -2.74. The number of likely N-dealkylation sites (tertiary alicyclic amines) is 1. The van der Waals surface area contributed by atoms with Crippen LogP contribution in [0, 0.1) is 5.82 Å². The number of H-pyrrole nitrogens is 1. The van der Waals surface area contributed by atoms with E-state index in [0.29, 0.717) is 4.57 Å². The molecule has 3 rings (SSSR count). The summed E-state index contributed by atoms with van der Waals surface area (Å²) in [5, 5.41) is 9.35. The highest BCUT2D eigenvalue weighted by atomic mass is 19.1. The van der Waals surface area contributed by atoms with Crippen molar-refractivity contribution in [3.05, 3.63) is 62.2 Å². The predicted molar refractivity (Wildman–Crippen MR) is 88.7 cm³/mol. The van der Waals surface area contributed by atoms with Crippen LogP contribution in [0.4, 0.5) is 4.39 Å². The average Bonchev–Trinajstić information content (AvgIpc) is 2.59. The fourth-order valence-electron chi connectivity index (χ4n) is 3.09. The predicted octanol–water partition coefficient (Wildman–Crippen LogP) is 1.35. The molecule has 0 amide bonds. The van der Waals surface area contributed by atoms with E-state index < -0.39 is 28.7 Å². The summed E-state index contributed by atoms with van der Waals surface area (Å²) < 4.78 is 14.7. The molecule has 0 bridgehead atoms. The molecule has 0 unspecified atom stereocenters. The quantitative estimate of drug-likeness (QED) is 0.870. The Morgan fingerprint density at radius 2 is 1.84 bits per heavy atom. The standard InChI is InChI=1S/C17H18FN3O4/c18-12-6-2-3-7-13(12)21-15(22)11(10-20-8-4-1-5-9-20)14(16(23)24)19-17(21)25/h2-3,6-7H,1,4-5,8-10H2,(H,19,25)(H,23,24). The van der Waals surface area contributed by atoms with Crippen molar-refractivity contribution in [2.75, 3.05) is 13.1 Å². The van der Waals surface area contributed by atoms with E-state index in [-0.39, 0.29) is 17.8 Å². The Labute approximate surface area is 142 Å². The van der Waals surface area contributed by atoms with E-state index in [9.17, 15) is 23.9 Å². The van der Waals surface area contributed by atoms with Crippen molar-refractivity contribution in [3.63, 3.8) is 0 Å². The molecule has 2 heterocycles. The lowest BCUT2D eigenvalue weighted by Gasteiger charge is -2.26. The first-order valence-electron chi connectivity index (χ1n) is 8.08. The zero-order chi connectivity index (χ0) is 18.0. The molecule has 132 valence electrons. The number of aromatic nitrogens is 2. The Morgan fingerprint density at radius 1 is 1.16 bits per heavy atom. The van der Waals surface area contributed by atoms with Crippen LogP contribution in [-0.4, -0.2) is 38.6 Å². The van der Waals surface area contributed by atoms with Gasteiger partial charge in [-0.2, -0.15) is 0 Å². The van der Waals surface area contributed by atoms with Crippen molar-refractivity contribution < 1.29 is 14.3 Å². The minimum absolute atomic E-state index is 0.0442. The van der Waals surface area contributed by atoms with E-state index >= 15 is 0 Å². The largest absolute Gasteiger partial charge is 0.477 e. The summed E-state index contributed by atoms with van der Waals surface area (Å²) in [6.45, 7) is 1.60. The van der Waals surface area contributed by atoms with Crippen LogP contribution in [0.2, 0.25) is 0 Å². The Kier molecular flexibility index (Phi) is 4.80. The number of hydrogen-bond donors (Lipinski definition) is 2. The van der Waals surface area contributed by atoms with E-state index in [1.807, 2.05) is 4.90 Å². The lowest BCUT2D eigenvalue weighted by molar-refractivity contribution is 0.0686. The number of hydrogen-bond acceptors (Lipinski definition) is 4. The maximum atomic E-state index is 14.0. The van der Waals surface area contributed by atoms with Crippen LogP contribution < -0.4 is 11.2 Å². The van der Waals surface area contributed by atoms with Gasteiger partial charge >= 0.3 is 11.7 Å². The van der Waals surface area contributed by atoms with E-state index in [0.717, 1.165) is 38.4 Å². The van der Waals surface area contributed by atoms with Crippen LogP contribution in [-0.2, 0) is 6.54 Å². The van der Waals surface area contributed by atoms with Gasteiger partial charge in [-0.15, -0.1) is 0 Å². The molecule has 1 aliphatic rings. The number of rotatable bonds is 4. The number of carboxylic acid groups (broad SMARTS) is 1. The summed E-state index contributed by atoms with van der Waals surface area (Å²) in [5.74, 6) is -2.12. The molecule has 1 saturated heterocycles. The highest BCUT2D eigenvalue weighted by molar-refractivity contribution is 5.86. The summed E-state index contributed by atoms with van der Waals surface area (Å²) in [4.78, 5) is 40.7. The van der Waals surface area contributed by atoms with Gasteiger partial charge in [0.05, 0.1) is 11.3 Å². The van der Waals surface area contributed by atoms with Gasteiger partial charge in [-0.1, -0.05) is 18.6 Å². The molecule has 1 aromatic carbocycles. The van der Waals surface area contributed by atoms with Gasteiger partial charge in [-0.25, -0.2) is 18.5 Å². The summed E-state index contributed by atoms with van der Waals surface area (Å²) in [6, 6.07) is 5.38. The lowest BCUT2D eigenvalue weighted by atomic mass is 10.1. The second-order valence-corrected chi connectivity index (χ2v) is 6.02. The number of nitrogens with zero attached hydrogens (tertiary/aromatic N) is 2. The first-order chi connectivity index (χ1) is 12.0. The molecule has 2 aromatic rings. The Morgan fingerprint density at radius 3 is 2.48 bits per heavy atom. The van der Waals surface area contributed by atoms with Crippen LogP contribution >= 0.6 is 0 Å². The Bertz CT molecular complexity index is 913. The van der Waals surface area contributed by atoms with Gasteiger partial charge in [0.2, 0.25) is 0 Å². The van der Waals surface area contributed by atoms with Gasteiger partial charge in [0.25, 0.3) is 5.56 Å². The average molecular weight is 347 g/mol. The fraction of sp³-hybridized carbons (Fsp3) is 0.353. The van der Waals surface area contributed by atoms with Crippen molar-refractivity contribution in [2.45, 2.75) is 25.8 Å². The lowest BCUT2D eigenvalue weighted by Crippen LogP contribution is -2.41. The van der Waals surface area contributed by atoms with Crippen molar-refractivity contribution in [1.82, 2.24) is 14.5 Å². The number of nitrogens with one attached hydrogen (secondary N) is 1. The molecule has 1 fully saturated rings. The summed E-state index contributed by atoms with van der Waals surface area (Å²) >= 11 is 0. The molecule has 0 atom stereocenters. The maximum Gasteiger partial charge on any atom is 0.352 e. The van der Waals surface area contributed by atoms with E-state index in [4.69, 9.17) is 0 Å². The fourth-order valence-corrected chi connectivity index (χ4v) is 3.09. The van der Waals surface area contributed by atoms with Gasteiger partial charge in [0, 0.05) is 6.54 Å². The third-order valence-corrected chi connectivity index (χ3v) is 4.34. The minimum atomic E-state index is -1.39. The third kappa shape index (κ3) is 3.39. The molecule has 0 radical (unpaired) electrons. The molecule has 0 saturated carbocycles. The van der Waals surface area contributed by atoms with Crippen molar-refractivity contribution >= 4 is 5.97 Å². The third-order valence-electron chi connectivity index (χ3n) is 4.34. The number of para-hydroxylation sites is 1. The van der Waals surface area contributed by atoms with Crippen molar-refractivity contribution in [3.8, 4) is 5.69 Å². The summed E-state index contributed by atoms with van der Waals surface area (Å²) in [5.41, 5.74) is -2.47. The molecule has 2 N–H and O–H groups in total. The van der Waals surface area contributed by atoms with Crippen molar-refractivity contribution in [1.29, 1.82) is 0 Å². The van der Waals surface area contributed by atoms with Gasteiger partial charge in [-0.3, -0.25) is 9.69 Å². The van der Waals surface area contributed by atoms with Gasteiger partial charge in [0.15, 0.2) is 0 Å². The monoisotopic (exact) mass is 347 g/mol. The highest BCUT2D eigenvalue weighted by Gasteiger charge is 2.23. The number of halogens is 1. The second-order valence-electron chi connectivity index (χ2n) is 6.02. The molecular formula is C17H18FN3O4. The van der Waals surface area contributed by atoms with Crippen LogP contribution in [0.5, 0.6) is 0 Å². The van der Waals surface area contributed by atoms with E-state index in [2.05, 4.69) is 4.98 Å². The van der Waals surface area contributed by atoms with E-state index in [1.54, 1.807) is 0 Å². The van der Waals surface area contributed by atoms with Crippen LogP contribution in [0.3, 0.4) is 0 Å². The topological polar surface area (TPSA) is 95.4 Å². The molecule has 1 aliphatic heterocycles. The van der Waals surface area contributed by atoms with Crippen LogP contribution in [0.25, 0.3) is 5.69 Å². The van der Waals surface area contributed by atoms with Crippen LogP contribution in [0.1, 0.15) is 35.3 Å².